The van der Waals surface area contributed by atoms with E-state index in [0.29, 0.717) is 26.2 Å². The molecule has 1 aromatic rings. The summed E-state index contributed by atoms with van der Waals surface area (Å²) in [7, 11) is 0. The minimum atomic E-state index is -0.935. The largest absolute Gasteiger partial charge is 0.444 e. The number of nitro groups is 1. The zero-order chi connectivity index (χ0) is 20.2. The van der Waals surface area contributed by atoms with Crippen LogP contribution in [0, 0.1) is 15.9 Å². The number of carbonyl (C=O) groups is 2. The maximum absolute atomic E-state index is 13.3. The number of nitrogens with one attached hydrogen (secondary N) is 1. The normalized spacial score (nSPS) is 14.7. The number of hydrogen-bond donors (Lipinski definition) is 1. The second-order valence-electron chi connectivity index (χ2n) is 7.13. The van der Waals surface area contributed by atoms with Gasteiger partial charge in [-0.1, -0.05) is 0 Å². The van der Waals surface area contributed by atoms with E-state index in [1.807, 2.05) is 0 Å². The summed E-state index contributed by atoms with van der Waals surface area (Å²) in [6.45, 7) is 6.73. The Morgan fingerprint density at radius 2 is 1.81 bits per heavy atom. The van der Waals surface area contributed by atoms with Gasteiger partial charge < -0.3 is 19.9 Å². The highest BCUT2D eigenvalue weighted by Gasteiger charge is 2.27. The molecule has 0 aromatic heterocycles. The van der Waals surface area contributed by atoms with Crippen molar-refractivity contribution >= 4 is 23.4 Å². The lowest BCUT2D eigenvalue weighted by Gasteiger charge is -2.35. The van der Waals surface area contributed by atoms with E-state index in [0.717, 1.165) is 12.1 Å². The molecule has 9 nitrogen and oxygen atoms in total. The van der Waals surface area contributed by atoms with E-state index < -0.39 is 28.1 Å². The van der Waals surface area contributed by atoms with Gasteiger partial charge in [0.05, 0.1) is 11.5 Å². The summed E-state index contributed by atoms with van der Waals surface area (Å²) in [4.78, 5) is 37.4. The van der Waals surface area contributed by atoms with Crippen molar-refractivity contribution < 1.29 is 23.6 Å². The van der Waals surface area contributed by atoms with Crippen molar-refractivity contribution in [1.82, 2.24) is 9.80 Å². The van der Waals surface area contributed by atoms with Gasteiger partial charge >= 0.3 is 11.8 Å². The molecule has 0 bridgehead atoms. The van der Waals surface area contributed by atoms with Crippen LogP contribution in [0.1, 0.15) is 20.8 Å². The Morgan fingerprint density at radius 3 is 2.37 bits per heavy atom. The third kappa shape index (κ3) is 5.80. The Balaban J connectivity index is 1.84. The van der Waals surface area contributed by atoms with Crippen LogP contribution in [0.5, 0.6) is 0 Å². The molecule has 10 heteroatoms. The molecule has 2 amide bonds. The molecule has 0 unspecified atom stereocenters. The van der Waals surface area contributed by atoms with E-state index in [1.165, 1.54) is 6.07 Å². The maximum atomic E-state index is 13.3. The van der Waals surface area contributed by atoms with Crippen LogP contribution >= 0.6 is 0 Å². The van der Waals surface area contributed by atoms with E-state index in [1.54, 1.807) is 30.6 Å². The number of rotatable bonds is 4. The fourth-order valence-electron chi connectivity index (χ4n) is 2.52. The molecule has 1 aliphatic rings. The van der Waals surface area contributed by atoms with Gasteiger partial charge in [-0.15, -0.1) is 0 Å². The second kappa shape index (κ2) is 8.19. The van der Waals surface area contributed by atoms with E-state index >= 15 is 0 Å². The van der Waals surface area contributed by atoms with Gasteiger partial charge in [-0.25, -0.2) is 4.79 Å². The van der Waals surface area contributed by atoms with E-state index in [2.05, 4.69) is 5.32 Å². The quantitative estimate of drug-likeness (QED) is 0.632. The monoisotopic (exact) mass is 382 g/mol. The van der Waals surface area contributed by atoms with Crippen LogP contribution in [-0.4, -0.2) is 65.0 Å². The predicted octanol–water partition coefficient (Wildman–Crippen LogP) is 2.23. The number of benzene rings is 1. The average molecular weight is 382 g/mol. The van der Waals surface area contributed by atoms with Crippen LogP contribution in [-0.2, 0) is 9.53 Å². The Morgan fingerprint density at radius 1 is 1.22 bits per heavy atom. The van der Waals surface area contributed by atoms with Gasteiger partial charge in [0.25, 0.3) is 0 Å². The van der Waals surface area contributed by atoms with E-state index in [-0.39, 0.29) is 18.1 Å². The number of ether oxygens (including phenoxy) is 1. The smallest absolute Gasteiger partial charge is 0.410 e. The molecular weight excluding hydrogens is 359 g/mol. The predicted molar refractivity (Wildman–Crippen MR) is 95.9 cm³/mol. The third-order valence-electron chi connectivity index (χ3n) is 3.87. The Bertz CT molecular complexity index is 727. The molecule has 1 aliphatic heterocycles. The molecule has 0 saturated carbocycles. The van der Waals surface area contributed by atoms with Crippen molar-refractivity contribution in [1.29, 1.82) is 0 Å². The molecule has 0 spiro atoms. The molecule has 1 fully saturated rings. The zero-order valence-electron chi connectivity index (χ0n) is 15.5. The Kier molecular flexibility index (Phi) is 6.19. The molecule has 27 heavy (non-hydrogen) atoms. The summed E-state index contributed by atoms with van der Waals surface area (Å²) in [6.07, 6.45) is -0.411. The number of carbonyl (C=O) groups excluding carboxylic acids is 2. The summed E-state index contributed by atoms with van der Waals surface area (Å²) in [5.74, 6) is -1.15. The lowest BCUT2D eigenvalue weighted by molar-refractivity contribution is -0.387. The maximum Gasteiger partial charge on any atom is 0.410 e. The Hall–Kier alpha value is -2.91. The first-order valence-electron chi connectivity index (χ1n) is 8.50. The van der Waals surface area contributed by atoms with Gasteiger partial charge in [-0.3, -0.25) is 14.9 Å². The number of nitro benzene ring substituents is 1. The second-order valence-corrected chi connectivity index (χ2v) is 7.13. The zero-order valence-corrected chi connectivity index (χ0v) is 15.5. The molecule has 1 heterocycles. The van der Waals surface area contributed by atoms with Crippen LogP contribution < -0.4 is 5.32 Å². The fraction of sp³-hybridized carbons (Fsp3) is 0.529. The first-order valence-corrected chi connectivity index (χ1v) is 8.50. The molecule has 1 N–H and O–H groups in total. The van der Waals surface area contributed by atoms with Crippen molar-refractivity contribution in [2.45, 2.75) is 26.4 Å². The number of hydrogen-bond acceptors (Lipinski definition) is 6. The number of nitrogens with zero attached hydrogens (tertiary/aromatic N) is 3. The lowest BCUT2D eigenvalue weighted by Crippen LogP contribution is -2.52. The molecule has 1 saturated heterocycles. The van der Waals surface area contributed by atoms with Crippen LogP contribution in [0.25, 0.3) is 0 Å². The molecule has 0 atom stereocenters. The molecule has 0 radical (unpaired) electrons. The average Bonchev–Trinajstić information content (AvgIpc) is 2.59. The molecule has 148 valence electrons. The number of halogens is 1. The van der Waals surface area contributed by atoms with Gasteiger partial charge in [0.2, 0.25) is 11.7 Å². The lowest BCUT2D eigenvalue weighted by atomic mass is 10.2. The topological polar surface area (TPSA) is 105 Å². The summed E-state index contributed by atoms with van der Waals surface area (Å²) >= 11 is 0. The van der Waals surface area contributed by atoms with Crippen LogP contribution in [0.3, 0.4) is 0 Å². The third-order valence-corrected chi connectivity index (χ3v) is 3.87. The van der Waals surface area contributed by atoms with Gasteiger partial charge in [0.15, 0.2) is 0 Å². The summed E-state index contributed by atoms with van der Waals surface area (Å²) < 4.78 is 18.6. The van der Waals surface area contributed by atoms with E-state index in [4.69, 9.17) is 4.74 Å². The van der Waals surface area contributed by atoms with Crippen molar-refractivity contribution in [3.8, 4) is 0 Å². The highest BCUT2D eigenvalue weighted by atomic mass is 19.1. The van der Waals surface area contributed by atoms with Crippen LogP contribution in [0.4, 0.5) is 20.6 Å². The summed E-state index contributed by atoms with van der Waals surface area (Å²) in [6, 6.07) is 3.35. The van der Waals surface area contributed by atoms with Crippen LogP contribution in [0.15, 0.2) is 18.2 Å². The van der Waals surface area contributed by atoms with Crippen LogP contribution in [0.2, 0.25) is 0 Å². The van der Waals surface area contributed by atoms with Gasteiger partial charge in [-0.05, 0) is 32.9 Å². The van der Waals surface area contributed by atoms with Crippen molar-refractivity contribution in [3.05, 3.63) is 34.1 Å². The van der Waals surface area contributed by atoms with Crippen molar-refractivity contribution in [2.24, 2.45) is 0 Å². The highest BCUT2D eigenvalue weighted by molar-refractivity contribution is 5.81. The van der Waals surface area contributed by atoms with Gasteiger partial charge in [0.1, 0.15) is 5.60 Å². The minimum absolute atomic E-state index is 0.0881. The summed E-state index contributed by atoms with van der Waals surface area (Å²) in [5, 5.41) is 13.5. The van der Waals surface area contributed by atoms with Gasteiger partial charge in [-0.2, -0.15) is 4.39 Å². The van der Waals surface area contributed by atoms with Gasteiger partial charge in [0, 0.05) is 37.9 Å². The number of amides is 2. The Labute approximate surface area is 156 Å². The standard InChI is InChI=1S/C17H23FN4O5/c1-17(2,3)27-16(24)21-8-6-20(7-9-21)15(23)11-19-12-4-5-13(18)14(10-12)22(25)26/h4-5,10,19H,6-9,11H2,1-3H3. The highest BCUT2D eigenvalue weighted by Crippen LogP contribution is 2.21. The number of piperazine rings is 1. The summed E-state index contributed by atoms with van der Waals surface area (Å²) in [5.41, 5.74) is -0.951. The molecule has 0 aliphatic carbocycles. The fourth-order valence-corrected chi connectivity index (χ4v) is 2.52. The SMILES string of the molecule is CC(C)(C)OC(=O)N1CCN(C(=O)CNc2ccc(F)c([N+](=O)[O-])c2)CC1. The molecule has 2 rings (SSSR count). The molecular formula is C17H23FN4O5. The van der Waals surface area contributed by atoms with E-state index in [9.17, 15) is 24.1 Å². The van der Waals surface area contributed by atoms with Crippen molar-refractivity contribution in [3.63, 3.8) is 0 Å². The molecule has 1 aromatic carbocycles. The number of anilines is 1. The first-order chi connectivity index (χ1) is 12.6. The first kappa shape index (κ1) is 20.4. The van der Waals surface area contributed by atoms with Crippen molar-refractivity contribution in [2.75, 3.05) is 38.0 Å². The minimum Gasteiger partial charge on any atom is -0.444 e.